The van der Waals surface area contributed by atoms with Gasteiger partial charge in [0.1, 0.15) is 12.6 Å². The van der Waals surface area contributed by atoms with E-state index in [1.54, 1.807) is 6.92 Å². The lowest BCUT2D eigenvalue weighted by atomic mass is 9.84. The van der Waals surface area contributed by atoms with Crippen LogP contribution in [0.1, 0.15) is 32.6 Å². The molecule has 0 saturated heterocycles. The van der Waals surface area contributed by atoms with Crippen molar-refractivity contribution < 1.29 is 14.3 Å². The van der Waals surface area contributed by atoms with E-state index in [2.05, 4.69) is 11.2 Å². The van der Waals surface area contributed by atoms with Gasteiger partial charge in [-0.25, -0.2) is 4.79 Å². The van der Waals surface area contributed by atoms with Crippen LogP contribution < -0.4 is 5.32 Å². The Kier molecular flexibility index (Phi) is 4.84. The van der Waals surface area contributed by atoms with Crippen LogP contribution in [0, 0.1) is 18.3 Å². The Hall–Kier alpha value is -1.50. The summed E-state index contributed by atoms with van der Waals surface area (Å²) < 4.78 is 4.88. The standard InChI is InChI=1S/C12H17NO3/c1-3-4-8-16-12(15)9(2)13-11(14)10-6-5-7-10/h1,9-10H,4-8H2,2H3,(H,13,14). The van der Waals surface area contributed by atoms with Crippen LogP contribution in [0.3, 0.4) is 0 Å². The van der Waals surface area contributed by atoms with Crippen molar-refractivity contribution >= 4 is 11.9 Å². The minimum atomic E-state index is -0.592. The van der Waals surface area contributed by atoms with Crippen molar-refractivity contribution in [1.29, 1.82) is 0 Å². The van der Waals surface area contributed by atoms with Crippen LogP contribution in [0.2, 0.25) is 0 Å². The summed E-state index contributed by atoms with van der Waals surface area (Å²) in [6, 6.07) is -0.592. The molecule has 88 valence electrons. The van der Waals surface area contributed by atoms with E-state index in [0.29, 0.717) is 6.42 Å². The highest BCUT2D eigenvalue weighted by Crippen LogP contribution is 2.26. The average molecular weight is 223 g/mol. The molecule has 1 fully saturated rings. The molecule has 4 nitrogen and oxygen atoms in total. The van der Waals surface area contributed by atoms with Crippen molar-refractivity contribution in [3.63, 3.8) is 0 Å². The van der Waals surface area contributed by atoms with Gasteiger partial charge in [0.15, 0.2) is 0 Å². The predicted molar refractivity (Wildman–Crippen MR) is 59.4 cm³/mol. The third-order valence-corrected chi connectivity index (χ3v) is 2.68. The molecule has 1 amide bonds. The van der Waals surface area contributed by atoms with Gasteiger partial charge < -0.3 is 10.1 Å². The number of esters is 1. The molecule has 1 rings (SSSR count). The van der Waals surface area contributed by atoms with Crippen LogP contribution >= 0.6 is 0 Å². The van der Waals surface area contributed by atoms with E-state index in [1.165, 1.54) is 0 Å². The molecule has 4 heteroatoms. The van der Waals surface area contributed by atoms with E-state index in [1.807, 2.05) is 0 Å². The minimum Gasteiger partial charge on any atom is -0.463 e. The van der Waals surface area contributed by atoms with Crippen LogP contribution in [0.15, 0.2) is 0 Å². The SMILES string of the molecule is C#CCCOC(=O)C(C)NC(=O)C1CCC1. The first-order valence-electron chi connectivity index (χ1n) is 5.55. The van der Waals surface area contributed by atoms with Crippen LogP contribution in [-0.2, 0) is 14.3 Å². The average Bonchev–Trinajstić information content (AvgIpc) is 2.14. The van der Waals surface area contributed by atoms with E-state index < -0.39 is 12.0 Å². The lowest BCUT2D eigenvalue weighted by Gasteiger charge is -2.25. The van der Waals surface area contributed by atoms with Gasteiger partial charge in [-0.3, -0.25) is 4.79 Å². The van der Waals surface area contributed by atoms with Crippen LogP contribution in [-0.4, -0.2) is 24.5 Å². The van der Waals surface area contributed by atoms with E-state index in [0.717, 1.165) is 19.3 Å². The van der Waals surface area contributed by atoms with Crippen molar-refractivity contribution in [3.05, 3.63) is 0 Å². The molecule has 1 aliphatic carbocycles. The molecule has 0 aliphatic heterocycles. The molecule has 0 spiro atoms. The molecule has 1 unspecified atom stereocenters. The molecule has 1 N–H and O–H groups in total. The highest BCUT2D eigenvalue weighted by atomic mass is 16.5. The van der Waals surface area contributed by atoms with E-state index >= 15 is 0 Å². The summed E-state index contributed by atoms with van der Waals surface area (Å²) in [4.78, 5) is 22.9. The van der Waals surface area contributed by atoms with Gasteiger partial charge in [0.2, 0.25) is 5.91 Å². The summed E-state index contributed by atoms with van der Waals surface area (Å²) in [6.07, 6.45) is 8.36. The van der Waals surface area contributed by atoms with Crippen LogP contribution in [0.5, 0.6) is 0 Å². The maximum absolute atomic E-state index is 11.5. The summed E-state index contributed by atoms with van der Waals surface area (Å²) in [5.74, 6) is 1.98. The zero-order chi connectivity index (χ0) is 12.0. The molecule has 0 bridgehead atoms. The molecule has 1 aliphatic rings. The van der Waals surface area contributed by atoms with Gasteiger partial charge in [0.25, 0.3) is 0 Å². The number of hydrogen-bond donors (Lipinski definition) is 1. The Morgan fingerprint density at radius 3 is 2.75 bits per heavy atom. The van der Waals surface area contributed by atoms with E-state index in [-0.39, 0.29) is 18.4 Å². The smallest absolute Gasteiger partial charge is 0.328 e. The third kappa shape index (κ3) is 3.58. The Morgan fingerprint density at radius 1 is 1.56 bits per heavy atom. The molecular weight excluding hydrogens is 206 g/mol. The Bertz CT molecular complexity index is 302. The normalized spacial score (nSPS) is 16.8. The number of carbonyl (C=O) groups is 2. The molecule has 1 saturated carbocycles. The second kappa shape index (κ2) is 6.16. The molecule has 0 aromatic carbocycles. The fourth-order valence-electron chi connectivity index (χ4n) is 1.40. The lowest BCUT2D eigenvalue weighted by Crippen LogP contribution is -2.44. The summed E-state index contributed by atoms with van der Waals surface area (Å²) >= 11 is 0. The van der Waals surface area contributed by atoms with Gasteiger partial charge in [-0.05, 0) is 19.8 Å². The van der Waals surface area contributed by atoms with Crippen molar-refractivity contribution in [3.8, 4) is 12.3 Å². The molecule has 0 heterocycles. The van der Waals surface area contributed by atoms with Crippen molar-refractivity contribution in [2.75, 3.05) is 6.61 Å². The van der Waals surface area contributed by atoms with Crippen molar-refractivity contribution in [1.82, 2.24) is 5.32 Å². The topological polar surface area (TPSA) is 55.4 Å². The first kappa shape index (κ1) is 12.6. The largest absolute Gasteiger partial charge is 0.463 e. The molecule has 0 radical (unpaired) electrons. The number of nitrogens with one attached hydrogen (secondary N) is 1. The van der Waals surface area contributed by atoms with E-state index in [4.69, 9.17) is 11.2 Å². The molecule has 0 aromatic rings. The first-order valence-corrected chi connectivity index (χ1v) is 5.55. The zero-order valence-electron chi connectivity index (χ0n) is 9.49. The summed E-state index contributed by atoms with van der Waals surface area (Å²) in [5, 5.41) is 2.64. The summed E-state index contributed by atoms with van der Waals surface area (Å²) in [5.41, 5.74) is 0. The quantitative estimate of drug-likeness (QED) is 0.427. The summed E-state index contributed by atoms with van der Waals surface area (Å²) in [7, 11) is 0. The fraction of sp³-hybridized carbons (Fsp3) is 0.667. The molecule has 16 heavy (non-hydrogen) atoms. The Morgan fingerprint density at radius 2 is 2.25 bits per heavy atom. The van der Waals surface area contributed by atoms with Crippen LogP contribution in [0.4, 0.5) is 0 Å². The third-order valence-electron chi connectivity index (χ3n) is 2.68. The highest BCUT2D eigenvalue weighted by molar-refractivity contribution is 5.85. The van der Waals surface area contributed by atoms with Crippen molar-refractivity contribution in [2.45, 2.75) is 38.6 Å². The number of hydrogen-bond acceptors (Lipinski definition) is 3. The number of carbonyl (C=O) groups excluding carboxylic acids is 2. The van der Waals surface area contributed by atoms with Gasteiger partial charge in [0.05, 0.1) is 0 Å². The van der Waals surface area contributed by atoms with Gasteiger partial charge in [0, 0.05) is 12.3 Å². The van der Waals surface area contributed by atoms with E-state index in [9.17, 15) is 9.59 Å². The van der Waals surface area contributed by atoms with Gasteiger partial charge in [-0.2, -0.15) is 0 Å². The van der Waals surface area contributed by atoms with Gasteiger partial charge >= 0.3 is 5.97 Å². The fourth-order valence-corrected chi connectivity index (χ4v) is 1.40. The number of amides is 1. The molecule has 0 aromatic heterocycles. The summed E-state index contributed by atoms with van der Waals surface area (Å²) in [6.45, 7) is 1.83. The Labute approximate surface area is 95.7 Å². The minimum absolute atomic E-state index is 0.0485. The van der Waals surface area contributed by atoms with Crippen molar-refractivity contribution in [2.24, 2.45) is 5.92 Å². The second-order valence-electron chi connectivity index (χ2n) is 3.98. The van der Waals surface area contributed by atoms with Gasteiger partial charge in [-0.1, -0.05) is 6.42 Å². The first-order chi connectivity index (χ1) is 7.65. The maximum Gasteiger partial charge on any atom is 0.328 e. The zero-order valence-corrected chi connectivity index (χ0v) is 9.49. The number of terminal acetylenes is 1. The predicted octanol–water partition coefficient (Wildman–Crippen LogP) is 0.858. The molecular formula is C12H17NO3. The maximum atomic E-state index is 11.5. The molecule has 1 atom stereocenters. The number of ether oxygens (including phenoxy) is 1. The van der Waals surface area contributed by atoms with Gasteiger partial charge in [-0.15, -0.1) is 12.3 Å². The highest BCUT2D eigenvalue weighted by Gasteiger charge is 2.27. The number of rotatable bonds is 5. The monoisotopic (exact) mass is 223 g/mol. The second-order valence-corrected chi connectivity index (χ2v) is 3.98. The Balaban J connectivity index is 2.22. The lowest BCUT2D eigenvalue weighted by molar-refractivity contribution is -0.147. The van der Waals surface area contributed by atoms with Crippen LogP contribution in [0.25, 0.3) is 0 Å².